The lowest BCUT2D eigenvalue weighted by Crippen LogP contribution is -2.42. The molecule has 0 radical (unpaired) electrons. The zero-order valence-electron chi connectivity index (χ0n) is 15.4. The third kappa shape index (κ3) is 2.43. The van der Waals surface area contributed by atoms with Crippen LogP contribution < -0.4 is 9.47 Å². The van der Waals surface area contributed by atoms with Gasteiger partial charge in [-0.15, -0.1) is 0 Å². The smallest absolute Gasteiger partial charge is 0.259 e. The number of alkyl halides is 2. The maximum Gasteiger partial charge on any atom is 0.259 e. The van der Waals surface area contributed by atoms with Crippen molar-refractivity contribution < 1.29 is 9.47 Å². The van der Waals surface area contributed by atoms with E-state index in [1.54, 1.807) is 6.26 Å². The summed E-state index contributed by atoms with van der Waals surface area (Å²) in [4.78, 5) is 0. The fourth-order valence-electron chi connectivity index (χ4n) is 4.88. The quantitative estimate of drug-likeness (QED) is 0.283. The van der Waals surface area contributed by atoms with E-state index < -0.39 is 9.93 Å². The summed E-state index contributed by atoms with van der Waals surface area (Å²) in [5, 5.41) is 4.54. The van der Waals surface area contributed by atoms with Crippen LogP contribution in [0.3, 0.4) is 0 Å². The fraction of sp³-hybridized carbons (Fsp3) is 0.120. The highest BCUT2D eigenvalue weighted by molar-refractivity contribution is 6.47. The molecule has 1 atom stereocenters. The fourth-order valence-corrected chi connectivity index (χ4v) is 5.47. The monoisotopic (exact) mass is 418 g/mol. The van der Waals surface area contributed by atoms with E-state index in [1.165, 1.54) is 0 Å². The highest BCUT2D eigenvalue weighted by Crippen LogP contribution is 2.58. The zero-order valence-corrected chi connectivity index (χ0v) is 16.9. The lowest BCUT2D eigenvalue weighted by molar-refractivity contribution is 0.180. The number of fused-ring (bicyclic) bond motifs is 8. The maximum atomic E-state index is 6.66. The molecule has 2 aliphatic heterocycles. The molecule has 0 fully saturated rings. The lowest BCUT2D eigenvalue weighted by atomic mass is 9.67. The minimum atomic E-state index is -1.36. The van der Waals surface area contributed by atoms with Crippen LogP contribution in [0.25, 0.3) is 21.5 Å². The molecule has 4 aromatic rings. The largest absolute Gasteiger partial charge is 0.465 e. The SMILES string of the molecule is ClC1(Cl)CC2(C=COc3ccc4ccccc4c32)c2c(ccc3ccccc23)O1. The van der Waals surface area contributed by atoms with Gasteiger partial charge in [0.05, 0.1) is 11.7 Å². The molecule has 0 saturated carbocycles. The average Bonchev–Trinajstić information content (AvgIpc) is 2.72. The van der Waals surface area contributed by atoms with E-state index in [4.69, 9.17) is 32.7 Å². The molecule has 29 heavy (non-hydrogen) atoms. The molecule has 0 aromatic heterocycles. The normalized spacial score (nSPS) is 21.4. The molecule has 0 amide bonds. The van der Waals surface area contributed by atoms with Crippen LogP contribution in [-0.4, -0.2) is 4.52 Å². The number of benzene rings is 4. The third-order valence-corrected chi connectivity index (χ3v) is 6.39. The molecular weight excluding hydrogens is 403 g/mol. The zero-order chi connectivity index (χ0) is 19.6. The van der Waals surface area contributed by atoms with Gasteiger partial charge in [0, 0.05) is 17.5 Å². The van der Waals surface area contributed by atoms with Crippen molar-refractivity contribution in [3.8, 4) is 11.5 Å². The molecule has 2 aliphatic rings. The first-order chi connectivity index (χ1) is 14.1. The first kappa shape index (κ1) is 17.2. The van der Waals surface area contributed by atoms with E-state index in [0.717, 1.165) is 38.4 Å². The molecule has 0 N–H and O–H groups in total. The van der Waals surface area contributed by atoms with E-state index in [-0.39, 0.29) is 0 Å². The van der Waals surface area contributed by atoms with Crippen LogP contribution in [0.1, 0.15) is 17.5 Å². The van der Waals surface area contributed by atoms with Gasteiger partial charge in [-0.25, -0.2) is 0 Å². The van der Waals surface area contributed by atoms with Crippen molar-refractivity contribution in [1.82, 2.24) is 0 Å². The van der Waals surface area contributed by atoms with Crippen LogP contribution in [0, 0.1) is 0 Å². The highest BCUT2D eigenvalue weighted by atomic mass is 35.5. The Morgan fingerprint density at radius 3 is 1.97 bits per heavy atom. The van der Waals surface area contributed by atoms with Crippen molar-refractivity contribution in [3.05, 3.63) is 96.3 Å². The van der Waals surface area contributed by atoms with Crippen molar-refractivity contribution >= 4 is 44.7 Å². The van der Waals surface area contributed by atoms with Gasteiger partial charge in [0.25, 0.3) is 4.52 Å². The van der Waals surface area contributed by atoms with E-state index >= 15 is 0 Å². The first-order valence-electron chi connectivity index (χ1n) is 9.53. The number of hydrogen-bond acceptors (Lipinski definition) is 2. The Balaban J connectivity index is 1.81. The molecule has 0 aliphatic carbocycles. The van der Waals surface area contributed by atoms with Crippen LogP contribution in [0.2, 0.25) is 0 Å². The van der Waals surface area contributed by atoms with E-state index in [2.05, 4.69) is 36.4 Å². The molecule has 2 nitrogen and oxygen atoms in total. The Kier molecular flexibility index (Phi) is 3.51. The van der Waals surface area contributed by atoms with Crippen LogP contribution >= 0.6 is 23.2 Å². The van der Waals surface area contributed by atoms with Gasteiger partial charge in [0.1, 0.15) is 11.5 Å². The van der Waals surface area contributed by atoms with Gasteiger partial charge in [-0.3, -0.25) is 0 Å². The summed E-state index contributed by atoms with van der Waals surface area (Å²) in [5.74, 6) is 1.52. The molecule has 1 spiro atoms. The Morgan fingerprint density at radius 1 is 0.690 bits per heavy atom. The maximum absolute atomic E-state index is 6.66. The number of halogens is 2. The second kappa shape index (κ2) is 5.91. The van der Waals surface area contributed by atoms with Gasteiger partial charge in [0.15, 0.2) is 0 Å². The molecule has 142 valence electrons. The molecule has 2 heterocycles. The predicted octanol–water partition coefficient (Wildman–Crippen LogP) is 7.10. The lowest BCUT2D eigenvalue weighted by Gasteiger charge is -2.45. The second-order valence-corrected chi connectivity index (χ2v) is 9.04. The topological polar surface area (TPSA) is 18.5 Å². The van der Waals surface area contributed by atoms with Crippen molar-refractivity contribution in [2.24, 2.45) is 0 Å². The Hall–Kier alpha value is -2.68. The van der Waals surface area contributed by atoms with Gasteiger partial charge in [-0.2, -0.15) is 0 Å². The van der Waals surface area contributed by atoms with E-state index in [0.29, 0.717) is 12.2 Å². The number of ether oxygens (including phenoxy) is 2. The van der Waals surface area contributed by atoms with Gasteiger partial charge in [0.2, 0.25) is 0 Å². The molecule has 4 heteroatoms. The molecule has 4 aromatic carbocycles. The van der Waals surface area contributed by atoms with Crippen LogP contribution in [0.5, 0.6) is 11.5 Å². The third-order valence-electron chi connectivity index (χ3n) is 5.97. The number of rotatable bonds is 0. The first-order valence-corrected chi connectivity index (χ1v) is 10.3. The molecule has 0 saturated heterocycles. The van der Waals surface area contributed by atoms with Crippen LogP contribution in [0.15, 0.2) is 85.1 Å². The molecule has 0 bridgehead atoms. The highest BCUT2D eigenvalue weighted by Gasteiger charge is 2.51. The summed E-state index contributed by atoms with van der Waals surface area (Å²) in [7, 11) is 0. The summed E-state index contributed by atoms with van der Waals surface area (Å²) in [6, 6.07) is 24.8. The van der Waals surface area contributed by atoms with Crippen molar-refractivity contribution in [2.45, 2.75) is 16.4 Å². The summed E-state index contributed by atoms with van der Waals surface area (Å²) in [6.07, 6.45) is 4.21. The van der Waals surface area contributed by atoms with Crippen LogP contribution in [0.4, 0.5) is 0 Å². The Morgan fingerprint density at radius 2 is 1.28 bits per heavy atom. The Bertz CT molecular complexity index is 1330. The van der Waals surface area contributed by atoms with Crippen LogP contribution in [-0.2, 0) is 5.41 Å². The minimum absolute atomic E-state index is 0.380. The molecule has 6 rings (SSSR count). The summed E-state index contributed by atoms with van der Waals surface area (Å²) >= 11 is 13.3. The van der Waals surface area contributed by atoms with Gasteiger partial charge >= 0.3 is 0 Å². The minimum Gasteiger partial charge on any atom is -0.465 e. The number of hydrogen-bond donors (Lipinski definition) is 0. The predicted molar refractivity (Wildman–Crippen MR) is 118 cm³/mol. The van der Waals surface area contributed by atoms with E-state index in [1.807, 2.05) is 42.5 Å². The van der Waals surface area contributed by atoms with Gasteiger partial charge in [-0.05, 0) is 39.8 Å². The summed E-state index contributed by atoms with van der Waals surface area (Å²) in [5.41, 5.74) is 1.57. The second-order valence-electron chi connectivity index (χ2n) is 7.63. The summed E-state index contributed by atoms with van der Waals surface area (Å²) in [6.45, 7) is 0. The standard InChI is InChI=1S/C25H16Cl2O2/c26-25(27)15-24(23-19-8-4-2-6-17(19)10-12-21(23)29-25)13-14-28-20-11-9-16-5-1-3-7-18(16)22(20)24/h1-14H,15H2. The number of allylic oxidation sites excluding steroid dienone is 1. The Labute approximate surface area is 178 Å². The molecule has 1 unspecified atom stereocenters. The summed E-state index contributed by atoms with van der Waals surface area (Å²) < 4.78 is 10.6. The van der Waals surface area contributed by atoms with Crippen molar-refractivity contribution in [1.29, 1.82) is 0 Å². The van der Waals surface area contributed by atoms with Gasteiger partial charge < -0.3 is 9.47 Å². The molecular formula is C25H16Cl2O2. The van der Waals surface area contributed by atoms with Crippen molar-refractivity contribution in [2.75, 3.05) is 0 Å². The van der Waals surface area contributed by atoms with Gasteiger partial charge in [-0.1, -0.05) is 83.9 Å². The van der Waals surface area contributed by atoms with E-state index in [9.17, 15) is 0 Å². The van der Waals surface area contributed by atoms with Crippen molar-refractivity contribution in [3.63, 3.8) is 0 Å². The average molecular weight is 419 g/mol.